The van der Waals surface area contributed by atoms with Crippen LogP contribution in [0.5, 0.6) is 0 Å². The highest BCUT2D eigenvalue weighted by Crippen LogP contribution is 2.21. The molecule has 108 valence electrons. The van der Waals surface area contributed by atoms with Crippen LogP contribution in [0.25, 0.3) is 11.1 Å². The third-order valence-electron chi connectivity index (χ3n) is 3.11. The van der Waals surface area contributed by atoms with Gasteiger partial charge in [0.2, 0.25) is 5.91 Å². The summed E-state index contributed by atoms with van der Waals surface area (Å²) in [4.78, 5) is 22.3. The lowest BCUT2D eigenvalue weighted by molar-refractivity contribution is -0.119. The molecule has 0 aliphatic rings. The molecule has 0 saturated carbocycles. The zero-order valence-corrected chi connectivity index (χ0v) is 12.1. The van der Waals surface area contributed by atoms with Gasteiger partial charge in [0.05, 0.1) is 12.7 Å². The fraction of sp³-hybridized carbons (Fsp3) is 0.176. The van der Waals surface area contributed by atoms with E-state index in [0.717, 1.165) is 16.7 Å². The molecule has 0 unspecified atom stereocenters. The van der Waals surface area contributed by atoms with Gasteiger partial charge in [0.15, 0.2) is 0 Å². The molecule has 21 heavy (non-hydrogen) atoms. The molecule has 2 aromatic rings. The number of esters is 1. The molecule has 4 nitrogen and oxygen atoms in total. The molecular weight excluding hydrogens is 266 g/mol. The van der Waals surface area contributed by atoms with Crippen molar-refractivity contribution in [2.24, 2.45) is 0 Å². The SMILES string of the molecule is COC(=O)c1ccc(-c2cccc(CNC(C)=O)c2)cc1. The molecule has 0 bridgehead atoms. The Kier molecular flexibility index (Phi) is 4.72. The Hall–Kier alpha value is -2.62. The van der Waals surface area contributed by atoms with Crippen LogP contribution in [-0.2, 0) is 16.1 Å². The summed E-state index contributed by atoms with van der Waals surface area (Å²) in [5, 5.41) is 2.77. The number of hydrogen-bond donors (Lipinski definition) is 1. The average Bonchev–Trinajstić information content (AvgIpc) is 2.52. The normalized spacial score (nSPS) is 10.0. The fourth-order valence-corrected chi connectivity index (χ4v) is 2.00. The quantitative estimate of drug-likeness (QED) is 0.878. The van der Waals surface area contributed by atoms with Gasteiger partial charge in [0.25, 0.3) is 0 Å². The van der Waals surface area contributed by atoms with Crippen molar-refractivity contribution >= 4 is 11.9 Å². The molecule has 2 rings (SSSR count). The number of nitrogens with one attached hydrogen (secondary N) is 1. The summed E-state index contributed by atoms with van der Waals surface area (Å²) in [7, 11) is 1.36. The lowest BCUT2D eigenvalue weighted by Gasteiger charge is -2.07. The molecule has 0 fully saturated rings. The largest absolute Gasteiger partial charge is 0.465 e. The van der Waals surface area contributed by atoms with Crippen molar-refractivity contribution in [3.63, 3.8) is 0 Å². The van der Waals surface area contributed by atoms with E-state index in [4.69, 9.17) is 0 Å². The van der Waals surface area contributed by atoms with E-state index in [9.17, 15) is 9.59 Å². The van der Waals surface area contributed by atoms with E-state index < -0.39 is 0 Å². The maximum absolute atomic E-state index is 11.4. The van der Waals surface area contributed by atoms with Crippen LogP contribution in [-0.4, -0.2) is 19.0 Å². The average molecular weight is 283 g/mol. The van der Waals surface area contributed by atoms with Gasteiger partial charge >= 0.3 is 5.97 Å². The third-order valence-corrected chi connectivity index (χ3v) is 3.11. The highest BCUT2D eigenvalue weighted by molar-refractivity contribution is 5.90. The number of ether oxygens (including phenoxy) is 1. The van der Waals surface area contributed by atoms with Gasteiger partial charge < -0.3 is 10.1 Å². The van der Waals surface area contributed by atoms with E-state index in [2.05, 4.69) is 10.1 Å². The number of carbonyl (C=O) groups is 2. The smallest absolute Gasteiger partial charge is 0.337 e. The topological polar surface area (TPSA) is 55.4 Å². The second kappa shape index (κ2) is 6.70. The molecule has 0 radical (unpaired) electrons. The number of benzene rings is 2. The maximum Gasteiger partial charge on any atom is 0.337 e. The number of amides is 1. The molecule has 1 amide bonds. The molecule has 0 aliphatic heterocycles. The van der Waals surface area contributed by atoms with Crippen LogP contribution in [0.15, 0.2) is 48.5 Å². The van der Waals surface area contributed by atoms with Crippen LogP contribution in [0.4, 0.5) is 0 Å². The number of methoxy groups -OCH3 is 1. The lowest BCUT2D eigenvalue weighted by Crippen LogP contribution is -2.18. The van der Waals surface area contributed by atoms with Gasteiger partial charge in [-0.05, 0) is 34.9 Å². The summed E-state index contributed by atoms with van der Waals surface area (Å²) in [6.07, 6.45) is 0. The van der Waals surface area contributed by atoms with Gasteiger partial charge in [0, 0.05) is 13.5 Å². The minimum absolute atomic E-state index is 0.0529. The fourth-order valence-electron chi connectivity index (χ4n) is 2.00. The Morgan fingerprint density at radius 1 is 1.05 bits per heavy atom. The van der Waals surface area contributed by atoms with Crippen LogP contribution in [0.2, 0.25) is 0 Å². The van der Waals surface area contributed by atoms with Crippen LogP contribution in [0.3, 0.4) is 0 Å². The van der Waals surface area contributed by atoms with Gasteiger partial charge in [-0.1, -0.05) is 30.3 Å². The summed E-state index contributed by atoms with van der Waals surface area (Å²) in [5.74, 6) is -0.399. The van der Waals surface area contributed by atoms with E-state index in [-0.39, 0.29) is 11.9 Å². The molecule has 0 spiro atoms. The minimum Gasteiger partial charge on any atom is -0.465 e. The van der Waals surface area contributed by atoms with Gasteiger partial charge in [-0.2, -0.15) is 0 Å². The maximum atomic E-state index is 11.4. The molecule has 0 heterocycles. The Balaban J connectivity index is 2.19. The molecule has 0 saturated heterocycles. The van der Waals surface area contributed by atoms with E-state index in [1.807, 2.05) is 36.4 Å². The van der Waals surface area contributed by atoms with Crippen molar-refractivity contribution < 1.29 is 14.3 Å². The predicted octanol–water partition coefficient (Wildman–Crippen LogP) is 2.78. The molecule has 4 heteroatoms. The first kappa shape index (κ1) is 14.8. The van der Waals surface area contributed by atoms with Crippen molar-refractivity contribution in [3.8, 4) is 11.1 Å². The standard InChI is InChI=1S/C17H17NO3/c1-12(19)18-11-13-4-3-5-16(10-13)14-6-8-15(9-7-14)17(20)21-2/h3-10H,11H2,1-2H3,(H,18,19). The number of rotatable bonds is 4. The third kappa shape index (κ3) is 3.92. The summed E-state index contributed by atoms with van der Waals surface area (Å²) in [6, 6.07) is 15.1. The van der Waals surface area contributed by atoms with Crippen molar-refractivity contribution in [3.05, 3.63) is 59.7 Å². The zero-order valence-electron chi connectivity index (χ0n) is 12.1. The second-order valence-corrected chi connectivity index (χ2v) is 4.68. The van der Waals surface area contributed by atoms with Gasteiger partial charge in [-0.15, -0.1) is 0 Å². The Bertz CT molecular complexity index is 647. The number of hydrogen-bond acceptors (Lipinski definition) is 3. The van der Waals surface area contributed by atoms with Gasteiger partial charge in [-0.25, -0.2) is 4.79 Å². The van der Waals surface area contributed by atoms with Crippen LogP contribution >= 0.6 is 0 Å². The summed E-state index contributed by atoms with van der Waals surface area (Å²) < 4.78 is 4.68. The minimum atomic E-state index is -0.346. The van der Waals surface area contributed by atoms with E-state index in [1.165, 1.54) is 14.0 Å². The first-order valence-corrected chi connectivity index (χ1v) is 6.62. The van der Waals surface area contributed by atoms with E-state index in [1.54, 1.807) is 12.1 Å². The van der Waals surface area contributed by atoms with Gasteiger partial charge in [0.1, 0.15) is 0 Å². The zero-order chi connectivity index (χ0) is 15.2. The highest BCUT2D eigenvalue weighted by Gasteiger charge is 2.05. The Morgan fingerprint density at radius 3 is 2.38 bits per heavy atom. The number of carbonyl (C=O) groups excluding carboxylic acids is 2. The van der Waals surface area contributed by atoms with Crippen molar-refractivity contribution in [2.45, 2.75) is 13.5 Å². The molecule has 2 aromatic carbocycles. The van der Waals surface area contributed by atoms with Gasteiger partial charge in [-0.3, -0.25) is 4.79 Å². The van der Waals surface area contributed by atoms with E-state index >= 15 is 0 Å². The monoisotopic (exact) mass is 283 g/mol. The molecule has 0 aromatic heterocycles. The highest BCUT2D eigenvalue weighted by atomic mass is 16.5. The molecule has 0 aliphatic carbocycles. The lowest BCUT2D eigenvalue weighted by atomic mass is 10.0. The first-order valence-electron chi connectivity index (χ1n) is 6.62. The Morgan fingerprint density at radius 2 is 1.76 bits per heavy atom. The summed E-state index contributed by atoms with van der Waals surface area (Å²) in [6.45, 7) is 2.00. The van der Waals surface area contributed by atoms with Crippen LogP contribution in [0.1, 0.15) is 22.8 Å². The van der Waals surface area contributed by atoms with Crippen molar-refractivity contribution in [1.82, 2.24) is 5.32 Å². The molecular formula is C17H17NO3. The van der Waals surface area contributed by atoms with E-state index in [0.29, 0.717) is 12.1 Å². The molecule has 0 atom stereocenters. The Labute approximate surface area is 123 Å². The van der Waals surface area contributed by atoms with Crippen LogP contribution in [0, 0.1) is 0 Å². The van der Waals surface area contributed by atoms with Crippen molar-refractivity contribution in [2.75, 3.05) is 7.11 Å². The first-order chi connectivity index (χ1) is 10.1. The molecule has 1 N–H and O–H groups in total. The predicted molar refractivity (Wildman–Crippen MR) is 80.7 cm³/mol. The summed E-state index contributed by atoms with van der Waals surface area (Å²) >= 11 is 0. The summed E-state index contributed by atoms with van der Waals surface area (Å²) in [5.41, 5.74) is 3.59. The van der Waals surface area contributed by atoms with Crippen molar-refractivity contribution in [1.29, 1.82) is 0 Å². The van der Waals surface area contributed by atoms with Crippen LogP contribution < -0.4 is 5.32 Å². The second-order valence-electron chi connectivity index (χ2n) is 4.68.